The van der Waals surface area contributed by atoms with Crippen LogP contribution in [0.4, 0.5) is 10.1 Å². The molecule has 5 nitrogen and oxygen atoms in total. The second-order valence-electron chi connectivity index (χ2n) is 4.57. The number of methoxy groups -OCH3 is 2. The maximum Gasteiger partial charge on any atom is 0.191 e. The lowest BCUT2D eigenvalue weighted by Gasteiger charge is -2.10. The molecule has 0 bridgehead atoms. The first-order valence-corrected chi connectivity index (χ1v) is 7.59. The van der Waals surface area contributed by atoms with Crippen LogP contribution in [0.1, 0.15) is 5.56 Å². The minimum absolute atomic E-state index is 0.268. The van der Waals surface area contributed by atoms with Crippen molar-refractivity contribution < 1.29 is 13.9 Å². The highest BCUT2D eigenvalue weighted by atomic mass is 35.5. The molecule has 0 atom stereocenters. The van der Waals surface area contributed by atoms with Crippen LogP contribution in [0.15, 0.2) is 41.5 Å². The molecule has 24 heavy (non-hydrogen) atoms. The molecule has 2 aromatic rings. The first kappa shape index (κ1) is 18.0. The lowest BCUT2D eigenvalue weighted by molar-refractivity contribution is 0.355. The maximum absolute atomic E-state index is 12.8. The van der Waals surface area contributed by atoms with Crippen molar-refractivity contribution >= 4 is 40.8 Å². The third-order valence-corrected chi connectivity index (χ3v) is 3.41. The molecule has 0 aliphatic heterocycles. The van der Waals surface area contributed by atoms with Crippen LogP contribution in [0, 0.1) is 5.82 Å². The number of halogens is 2. The Kier molecular flexibility index (Phi) is 6.34. The number of hydrazone groups is 1. The summed E-state index contributed by atoms with van der Waals surface area (Å²) >= 11 is 11.2. The zero-order valence-electron chi connectivity index (χ0n) is 13.0. The van der Waals surface area contributed by atoms with Crippen molar-refractivity contribution in [3.63, 3.8) is 0 Å². The van der Waals surface area contributed by atoms with Crippen molar-refractivity contribution in [2.45, 2.75) is 0 Å². The summed E-state index contributed by atoms with van der Waals surface area (Å²) in [5, 5.41) is 7.57. The third kappa shape index (κ3) is 4.81. The highest BCUT2D eigenvalue weighted by molar-refractivity contribution is 7.80. The Bertz CT molecular complexity index is 754. The Labute approximate surface area is 149 Å². The van der Waals surface area contributed by atoms with E-state index in [1.165, 1.54) is 32.6 Å². The van der Waals surface area contributed by atoms with Crippen LogP contribution in [-0.2, 0) is 0 Å². The summed E-state index contributed by atoms with van der Waals surface area (Å²) in [4.78, 5) is 0. The van der Waals surface area contributed by atoms with E-state index < -0.39 is 0 Å². The van der Waals surface area contributed by atoms with Crippen LogP contribution in [0.3, 0.4) is 0 Å². The Morgan fingerprint density at radius 3 is 2.54 bits per heavy atom. The van der Waals surface area contributed by atoms with Gasteiger partial charge in [0.05, 0.1) is 25.5 Å². The van der Waals surface area contributed by atoms with Crippen molar-refractivity contribution in [3.05, 3.63) is 52.8 Å². The van der Waals surface area contributed by atoms with Crippen molar-refractivity contribution in [2.24, 2.45) is 5.10 Å². The van der Waals surface area contributed by atoms with E-state index in [0.29, 0.717) is 27.8 Å². The molecule has 0 unspecified atom stereocenters. The SMILES string of the molecule is COc1cc(/C=N\NC(=S)Nc2ccc(F)cc2)cc(Cl)c1OC. The van der Waals surface area contributed by atoms with Gasteiger partial charge in [-0.1, -0.05) is 11.6 Å². The molecule has 2 rings (SSSR count). The molecule has 126 valence electrons. The Morgan fingerprint density at radius 2 is 1.92 bits per heavy atom. The zero-order chi connectivity index (χ0) is 17.5. The number of benzene rings is 2. The first-order valence-electron chi connectivity index (χ1n) is 6.80. The van der Waals surface area contributed by atoms with Gasteiger partial charge in [-0.3, -0.25) is 5.43 Å². The minimum atomic E-state index is -0.317. The fraction of sp³-hybridized carbons (Fsp3) is 0.125. The van der Waals surface area contributed by atoms with E-state index >= 15 is 0 Å². The van der Waals surface area contributed by atoms with Gasteiger partial charge in [0.2, 0.25) is 0 Å². The number of ether oxygens (including phenoxy) is 2. The van der Waals surface area contributed by atoms with Crippen LogP contribution in [0.25, 0.3) is 0 Å². The molecule has 0 fully saturated rings. The number of anilines is 1. The van der Waals surface area contributed by atoms with Gasteiger partial charge in [0.25, 0.3) is 0 Å². The van der Waals surface area contributed by atoms with Crippen molar-refractivity contribution in [2.75, 3.05) is 19.5 Å². The van der Waals surface area contributed by atoms with E-state index in [1.54, 1.807) is 24.3 Å². The predicted octanol–water partition coefficient (Wildman–Crippen LogP) is 3.82. The topological polar surface area (TPSA) is 54.9 Å². The highest BCUT2D eigenvalue weighted by Crippen LogP contribution is 2.35. The summed E-state index contributed by atoms with van der Waals surface area (Å²) in [7, 11) is 3.04. The van der Waals surface area contributed by atoms with Gasteiger partial charge in [-0.25, -0.2) is 4.39 Å². The molecule has 0 spiro atoms. The highest BCUT2D eigenvalue weighted by Gasteiger charge is 2.09. The summed E-state index contributed by atoms with van der Waals surface area (Å²) in [5.41, 5.74) is 4.02. The van der Waals surface area contributed by atoms with Gasteiger partial charge in [0.1, 0.15) is 5.82 Å². The normalized spacial score (nSPS) is 10.5. The Balaban J connectivity index is 1.99. The monoisotopic (exact) mass is 367 g/mol. The van der Waals surface area contributed by atoms with Crippen LogP contribution in [0.5, 0.6) is 11.5 Å². The van der Waals surface area contributed by atoms with E-state index in [2.05, 4.69) is 15.8 Å². The standard InChI is InChI=1S/C16H15ClFN3O2S/c1-22-14-8-10(7-13(17)15(14)23-2)9-19-21-16(24)20-12-5-3-11(18)4-6-12/h3-9H,1-2H3,(H2,20,21,24)/b19-9-. The van der Waals surface area contributed by atoms with Crippen LogP contribution in [0.2, 0.25) is 5.02 Å². The molecule has 0 aromatic heterocycles. The quantitative estimate of drug-likeness (QED) is 0.478. The van der Waals surface area contributed by atoms with Crippen LogP contribution in [-0.4, -0.2) is 25.5 Å². The lowest BCUT2D eigenvalue weighted by Crippen LogP contribution is -2.23. The Morgan fingerprint density at radius 1 is 1.21 bits per heavy atom. The van der Waals surface area contributed by atoms with Gasteiger partial charge >= 0.3 is 0 Å². The molecule has 0 saturated carbocycles. The van der Waals surface area contributed by atoms with Gasteiger partial charge in [0.15, 0.2) is 16.6 Å². The summed E-state index contributed by atoms with van der Waals surface area (Å²) < 4.78 is 23.2. The van der Waals surface area contributed by atoms with Gasteiger partial charge in [-0.05, 0) is 54.2 Å². The summed E-state index contributed by atoms with van der Waals surface area (Å²) in [6.07, 6.45) is 1.53. The fourth-order valence-corrected chi connectivity index (χ4v) is 2.34. The van der Waals surface area contributed by atoms with Crippen molar-refractivity contribution in [1.29, 1.82) is 0 Å². The van der Waals surface area contributed by atoms with E-state index in [0.717, 1.165) is 0 Å². The molecule has 0 saturated heterocycles. The van der Waals surface area contributed by atoms with Gasteiger partial charge in [0, 0.05) is 5.69 Å². The van der Waals surface area contributed by atoms with Crippen molar-refractivity contribution in [3.8, 4) is 11.5 Å². The summed E-state index contributed by atoms with van der Waals surface area (Å²) in [5.74, 6) is 0.638. The molecule has 0 aliphatic carbocycles. The third-order valence-electron chi connectivity index (χ3n) is 2.94. The lowest BCUT2D eigenvalue weighted by atomic mass is 10.2. The second kappa shape index (κ2) is 8.47. The summed E-state index contributed by atoms with van der Waals surface area (Å²) in [6.45, 7) is 0. The number of nitrogens with one attached hydrogen (secondary N) is 2. The second-order valence-corrected chi connectivity index (χ2v) is 5.38. The molecular formula is C16H15ClFN3O2S. The van der Waals surface area contributed by atoms with E-state index in [9.17, 15) is 4.39 Å². The smallest absolute Gasteiger partial charge is 0.191 e. The molecule has 8 heteroatoms. The van der Waals surface area contributed by atoms with E-state index in [-0.39, 0.29) is 10.9 Å². The van der Waals surface area contributed by atoms with Crippen LogP contribution >= 0.6 is 23.8 Å². The van der Waals surface area contributed by atoms with Crippen LogP contribution < -0.4 is 20.2 Å². The predicted molar refractivity (Wildman–Crippen MR) is 97.9 cm³/mol. The van der Waals surface area contributed by atoms with E-state index in [1.807, 2.05) is 0 Å². The molecule has 0 radical (unpaired) electrons. The molecule has 0 aliphatic rings. The number of nitrogens with zero attached hydrogens (tertiary/aromatic N) is 1. The van der Waals surface area contributed by atoms with Gasteiger partial charge in [-0.2, -0.15) is 5.10 Å². The van der Waals surface area contributed by atoms with Gasteiger partial charge < -0.3 is 14.8 Å². The largest absolute Gasteiger partial charge is 0.493 e. The molecular weight excluding hydrogens is 353 g/mol. The Hall–Kier alpha value is -2.38. The molecule has 2 aromatic carbocycles. The van der Waals surface area contributed by atoms with Gasteiger partial charge in [-0.15, -0.1) is 0 Å². The average Bonchev–Trinajstić information content (AvgIpc) is 2.56. The van der Waals surface area contributed by atoms with E-state index in [4.69, 9.17) is 33.3 Å². The minimum Gasteiger partial charge on any atom is -0.493 e. The summed E-state index contributed by atoms with van der Waals surface area (Å²) in [6, 6.07) is 9.22. The molecule has 0 amide bonds. The average molecular weight is 368 g/mol. The maximum atomic E-state index is 12.8. The number of rotatable bonds is 5. The number of thiocarbonyl (C=S) groups is 1. The molecule has 2 N–H and O–H groups in total. The number of hydrogen-bond acceptors (Lipinski definition) is 4. The number of hydrogen-bond donors (Lipinski definition) is 2. The molecule has 0 heterocycles. The zero-order valence-corrected chi connectivity index (χ0v) is 14.5. The fourth-order valence-electron chi connectivity index (χ4n) is 1.87. The van der Waals surface area contributed by atoms with Crippen molar-refractivity contribution in [1.82, 2.24) is 5.43 Å². The first-order chi connectivity index (χ1) is 11.5.